The van der Waals surface area contributed by atoms with E-state index in [-0.39, 0.29) is 30.1 Å². The monoisotopic (exact) mass is 366 g/mol. The minimum absolute atomic E-state index is 0.00126. The Kier molecular flexibility index (Phi) is 6.36. The summed E-state index contributed by atoms with van der Waals surface area (Å²) in [6.07, 6.45) is 0.424. The minimum Gasteiger partial charge on any atom is -0.480 e. The van der Waals surface area contributed by atoms with Crippen LogP contribution in [0.4, 0.5) is 4.79 Å². The summed E-state index contributed by atoms with van der Waals surface area (Å²) >= 11 is 0. The highest BCUT2D eigenvalue weighted by atomic mass is 16.6. The van der Waals surface area contributed by atoms with Gasteiger partial charge >= 0.3 is 6.09 Å². The van der Waals surface area contributed by atoms with Crippen molar-refractivity contribution in [3.63, 3.8) is 0 Å². The maximum Gasteiger partial charge on any atom is 0.411 e. The largest absolute Gasteiger partial charge is 0.480 e. The molecule has 0 spiro atoms. The van der Waals surface area contributed by atoms with Crippen molar-refractivity contribution >= 4 is 12.0 Å². The van der Waals surface area contributed by atoms with Gasteiger partial charge in [0.1, 0.15) is 11.4 Å². The van der Waals surface area contributed by atoms with E-state index in [0.717, 1.165) is 0 Å². The average molecular weight is 366 g/mol. The summed E-state index contributed by atoms with van der Waals surface area (Å²) in [6, 6.07) is 0. The molecule has 2 heterocycles. The van der Waals surface area contributed by atoms with E-state index in [9.17, 15) is 9.59 Å². The molecule has 1 aromatic rings. The summed E-state index contributed by atoms with van der Waals surface area (Å²) in [5.74, 6) is 0.0528. The van der Waals surface area contributed by atoms with Gasteiger partial charge in [-0.25, -0.2) is 9.78 Å². The zero-order valence-electron chi connectivity index (χ0n) is 15.6. The summed E-state index contributed by atoms with van der Waals surface area (Å²) in [7, 11) is 1.43. The molecule has 1 aliphatic heterocycles. The molecule has 0 atom stereocenters. The van der Waals surface area contributed by atoms with E-state index in [1.165, 1.54) is 7.11 Å². The third-order valence-electron chi connectivity index (χ3n) is 4.02. The van der Waals surface area contributed by atoms with Crippen LogP contribution in [0.25, 0.3) is 0 Å². The Morgan fingerprint density at radius 1 is 1.23 bits per heavy atom. The van der Waals surface area contributed by atoms with Crippen LogP contribution in [0.3, 0.4) is 0 Å². The number of carbonyl (C=O) groups is 2. The Morgan fingerprint density at radius 2 is 1.88 bits per heavy atom. The number of methoxy groups -OCH3 is 1. The number of hydrogen-bond donors (Lipinski definition) is 2. The Balaban J connectivity index is 2.23. The third kappa shape index (κ3) is 5.04. The van der Waals surface area contributed by atoms with Crippen LogP contribution in [0.15, 0.2) is 0 Å². The number of nitrogens with one attached hydrogen (secondary N) is 1. The zero-order chi connectivity index (χ0) is 19.3. The van der Waals surface area contributed by atoms with E-state index in [0.29, 0.717) is 37.4 Å². The van der Waals surface area contributed by atoms with Gasteiger partial charge in [-0.05, 0) is 12.8 Å². The molecule has 0 saturated carbocycles. The number of ether oxygens (including phenoxy) is 3. The second kappa shape index (κ2) is 8.31. The molecule has 1 saturated heterocycles. The summed E-state index contributed by atoms with van der Waals surface area (Å²) in [4.78, 5) is 32.2. The van der Waals surface area contributed by atoms with E-state index >= 15 is 0 Å². The number of amides is 2. The Labute approximate surface area is 152 Å². The highest BCUT2D eigenvalue weighted by Crippen LogP contribution is 2.31. The molecule has 1 aromatic heterocycles. The lowest BCUT2D eigenvalue weighted by molar-refractivity contribution is -0.128. The number of nitrogens with two attached hydrogens (primary N) is 1. The second-order valence-corrected chi connectivity index (χ2v) is 7.11. The predicted octanol–water partition coefficient (Wildman–Crippen LogP) is 1.28. The molecule has 26 heavy (non-hydrogen) atoms. The van der Waals surface area contributed by atoms with Crippen LogP contribution in [-0.4, -0.2) is 42.3 Å². The Morgan fingerprint density at radius 3 is 2.42 bits per heavy atom. The van der Waals surface area contributed by atoms with Crippen molar-refractivity contribution in [2.45, 2.75) is 45.6 Å². The van der Waals surface area contributed by atoms with Gasteiger partial charge in [-0.1, -0.05) is 20.8 Å². The van der Waals surface area contributed by atoms with E-state index in [1.54, 1.807) is 0 Å². The molecular formula is C17H26N4O5. The standard InChI is InChI=1S/C17H26N4O5/c1-17(2,3)12-15(26-16(18)23)21-14(24-4)11(20-12)9-19-13(22)10-5-7-25-8-6-10/h10H,5-9H2,1-4H3,(H2,18,23)(H,19,22). The van der Waals surface area contributed by atoms with Crippen molar-refractivity contribution < 1.29 is 23.8 Å². The third-order valence-corrected chi connectivity index (χ3v) is 4.02. The topological polar surface area (TPSA) is 126 Å². The number of nitrogens with zero attached hydrogens (tertiary/aromatic N) is 2. The van der Waals surface area contributed by atoms with E-state index in [4.69, 9.17) is 19.9 Å². The molecule has 3 N–H and O–H groups in total. The number of hydrogen-bond acceptors (Lipinski definition) is 7. The number of aromatic nitrogens is 2. The molecular weight excluding hydrogens is 340 g/mol. The van der Waals surface area contributed by atoms with Crippen LogP contribution in [0, 0.1) is 5.92 Å². The summed E-state index contributed by atoms with van der Waals surface area (Å²) < 4.78 is 15.5. The van der Waals surface area contributed by atoms with E-state index < -0.39 is 11.5 Å². The Bertz CT molecular complexity index is 666. The lowest BCUT2D eigenvalue weighted by Gasteiger charge is -2.23. The summed E-state index contributed by atoms with van der Waals surface area (Å²) in [5.41, 5.74) is 5.56. The summed E-state index contributed by atoms with van der Waals surface area (Å²) in [6.45, 7) is 7.06. The van der Waals surface area contributed by atoms with Gasteiger partial charge < -0.3 is 25.3 Å². The van der Waals surface area contributed by atoms with Gasteiger partial charge in [-0.15, -0.1) is 0 Å². The molecule has 0 radical (unpaired) electrons. The van der Waals surface area contributed by atoms with Crippen molar-refractivity contribution in [3.8, 4) is 11.8 Å². The molecule has 0 aromatic carbocycles. The highest BCUT2D eigenvalue weighted by Gasteiger charge is 2.27. The highest BCUT2D eigenvalue weighted by molar-refractivity contribution is 5.78. The minimum atomic E-state index is -0.979. The van der Waals surface area contributed by atoms with Crippen LogP contribution in [-0.2, 0) is 21.5 Å². The van der Waals surface area contributed by atoms with Gasteiger partial charge in [-0.2, -0.15) is 4.98 Å². The first-order valence-corrected chi connectivity index (χ1v) is 8.50. The van der Waals surface area contributed by atoms with Crippen LogP contribution < -0.4 is 20.5 Å². The molecule has 9 heteroatoms. The maximum atomic E-state index is 12.3. The van der Waals surface area contributed by atoms with Crippen molar-refractivity contribution in [2.75, 3.05) is 20.3 Å². The van der Waals surface area contributed by atoms with Gasteiger partial charge in [-0.3, -0.25) is 4.79 Å². The van der Waals surface area contributed by atoms with Gasteiger partial charge in [0, 0.05) is 24.5 Å². The van der Waals surface area contributed by atoms with Crippen LogP contribution in [0.1, 0.15) is 45.0 Å². The molecule has 0 bridgehead atoms. The first kappa shape index (κ1) is 19.9. The predicted molar refractivity (Wildman–Crippen MR) is 92.9 cm³/mol. The van der Waals surface area contributed by atoms with Crippen LogP contribution in [0.2, 0.25) is 0 Å². The first-order chi connectivity index (χ1) is 12.2. The Hall–Kier alpha value is -2.42. The number of rotatable bonds is 5. The smallest absolute Gasteiger partial charge is 0.411 e. The number of carbonyl (C=O) groups excluding carboxylic acids is 2. The van der Waals surface area contributed by atoms with Crippen molar-refractivity contribution in [1.29, 1.82) is 0 Å². The van der Waals surface area contributed by atoms with Gasteiger partial charge in [0.25, 0.3) is 0 Å². The van der Waals surface area contributed by atoms with Crippen LogP contribution >= 0.6 is 0 Å². The fourth-order valence-corrected chi connectivity index (χ4v) is 2.65. The fraction of sp³-hybridized carbons (Fsp3) is 0.647. The second-order valence-electron chi connectivity index (χ2n) is 7.11. The molecule has 1 aliphatic rings. The normalized spacial score (nSPS) is 15.4. The van der Waals surface area contributed by atoms with Gasteiger partial charge in [0.2, 0.25) is 17.7 Å². The number of primary amides is 1. The van der Waals surface area contributed by atoms with Gasteiger partial charge in [0.05, 0.1) is 13.7 Å². The lowest BCUT2D eigenvalue weighted by Crippen LogP contribution is -2.34. The molecule has 0 aliphatic carbocycles. The van der Waals surface area contributed by atoms with Crippen LogP contribution in [0.5, 0.6) is 11.8 Å². The van der Waals surface area contributed by atoms with E-state index in [1.807, 2.05) is 20.8 Å². The van der Waals surface area contributed by atoms with Crippen molar-refractivity contribution in [2.24, 2.45) is 11.7 Å². The molecule has 2 rings (SSSR count). The van der Waals surface area contributed by atoms with Crippen molar-refractivity contribution in [1.82, 2.24) is 15.3 Å². The molecule has 2 amide bonds. The molecule has 9 nitrogen and oxygen atoms in total. The van der Waals surface area contributed by atoms with Gasteiger partial charge in [0.15, 0.2) is 0 Å². The first-order valence-electron chi connectivity index (χ1n) is 8.50. The van der Waals surface area contributed by atoms with E-state index in [2.05, 4.69) is 15.3 Å². The average Bonchev–Trinajstić information content (AvgIpc) is 2.59. The maximum absolute atomic E-state index is 12.3. The molecule has 1 fully saturated rings. The van der Waals surface area contributed by atoms with Crippen molar-refractivity contribution in [3.05, 3.63) is 11.4 Å². The summed E-state index contributed by atoms with van der Waals surface area (Å²) in [5, 5.41) is 2.87. The fourth-order valence-electron chi connectivity index (χ4n) is 2.65. The zero-order valence-corrected chi connectivity index (χ0v) is 15.6. The lowest BCUT2D eigenvalue weighted by atomic mass is 9.92. The quantitative estimate of drug-likeness (QED) is 0.804. The molecule has 0 unspecified atom stereocenters. The molecule has 144 valence electrons. The SMILES string of the molecule is COc1nc(OC(N)=O)c(C(C)(C)C)nc1CNC(=O)C1CCOCC1.